The summed E-state index contributed by atoms with van der Waals surface area (Å²) in [6, 6.07) is 1.75. The SMILES string of the molecule is O=Cc1cc2[nH]c1c(-c1c(F)c(F)c(F)c(F)c1F)c1nc(c(-c3c(F)c(F)c(F)c(F)c3F)c3[nH]c(c(-c4c(F)c(F)c(F)c(F)c4F)c4[nH]c2cc4C=O)CC3)C=C1. The lowest BCUT2D eigenvalue weighted by molar-refractivity contribution is 0.111. The number of hydrogen-bond acceptors (Lipinski definition) is 3. The average Bonchev–Trinajstić information content (AvgIpc) is 4.07. The van der Waals surface area contributed by atoms with Crippen LogP contribution in [-0.4, -0.2) is 32.5 Å². The first-order chi connectivity index (χ1) is 28.4. The molecule has 2 aliphatic heterocycles. The number of aldehydes is 2. The van der Waals surface area contributed by atoms with E-state index in [0.717, 1.165) is 24.3 Å². The molecule has 2 aliphatic rings. The van der Waals surface area contributed by atoms with Gasteiger partial charge in [0, 0.05) is 39.2 Å². The highest BCUT2D eigenvalue weighted by atomic mass is 19.2. The van der Waals surface area contributed by atoms with Crippen molar-refractivity contribution in [3.63, 3.8) is 0 Å². The predicted octanol–water partition coefficient (Wildman–Crippen LogP) is 10.9. The Morgan fingerprint density at radius 2 is 0.683 bits per heavy atom. The van der Waals surface area contributed by atoms with E-state index in [0.29, 0.717) is 0 Å². The molecule has 3 aromatic heterocycles. The standard InChI is InChI=1S/C39H13F15N4O2/c40-23-20(24(41)30(47)35(52)29(23)46)17-11-1-3-13(55-11)18(21-25(42)31(48)36(53)32(49)26(21)43)38-9(7-59)5-15(57-38)16-6-10(8-60)39(58-16)19(14-4-2-12(17)56-14)22-27(44)33(50)37(54)34(51)28(22)45/h1,3,5-8,56-58H,2,4H2. The Kier molecular flexibility index (Phi) is 9.31. The Hall–Kier alpha value is -7.06. The van der Waals surface area contributed by atoms with Gasteiger partial charge in [-0.15, -0.1) is 0 Å². The minimum absolute atomic E-state index is 0.00650. The molecular formula is C39H13F15N4O2. The van der Waals surface area contributed by atoms with Crippen molar-refractivity contribution in [2.45, 2.75) is 12.8 Å². The van der Waals surface area contributed by atoms with Gasteiger partial charge in [0.05, 0.1) is 50.1 Å². The number of rotatable bonds is 5. The minimum atomic E-state index is -2.64. The van der Waals surface area contributed by atoms with E-state index in [9.17, 15) is 49.1 Å². The number of carbonyl (C=O) groups excluding carboxylic acids is 2. The molecule has 5 heterocycles. The molecule has 0 unspecified atom stereocenters. The van der Waals surface area contributed by atoms with Crippen molar-refractivity contribution in [2.75, 3.05) is 0 Å². The summed E-state index contributed by atoms with van der Waals surface area (Å²) < 4.78 is 226. The number of nitrogens with one attached hydrogen (secondary N) is 3. The smallest absolute Gasteiger partial charge is 0.200 e. The van der Waals surface area contributed by atoms with Crippen molar-refractivity contribution < 1.29 is 75.4 Å². The van der Waals surface area contributed by atoms with Gasteiger partial charge in [-0.3, -0.25) is 9.59 Å². The third kappa shape index (κ3) is 5.58. The first-order valence-electron chi connectivity index (χ1n) is 16.6. The van der Waals surface area contributed by atoms with Crippen molar-refractivity contribution in [1.29, 1.82) is 0 Å². The van der Waals surface area contributed by atoms with Crippen molar-refractivity contribution in [3.8, 4) is 33.4 Å². The number of hydrogen-bond donors (Lipinski definition) is 3. The zero-order valence-corrected chi connectivity index (χ0v) is 28.8. The van der Waals surface area contributed by atoms with Gasteiger partial charge in [-0.1, -0.05) is 0 Å². The topological polar surface area (TPSA) is 94.4 Å². The fourth-order valence-corrected chi connectivity index (χ4v) is 7.12. The van der Waals surface area contributed by atoms with Gasteiger partial charge >= 0.3 is 0 Å². The zero-order chi connectivity index (χ0) is 43.4. The normalized spacial score (nSPS) is 12.5. The van der Waals surface area contributed by atoms with E-state index in [1.54, 1.807) is 0 Å². The fraction of sp³-hybridized carbons (Fsp3) is 0.0513. The van der Waals surface area contributed by atoms with Crippen molar-refractivity contribution in [2.24, 2.45) is 0 Å². The molecule has 8 rings (SSSR count). The molecule has 6 nitrogen and oxygen atoms in total. The molecule has 6 aromatic rings. The van der Waals surface area contributed by atoms with E-state index >= 15 is 26.3 Å². The monoisotopic (exact) mass is 854 g/mol. The number of H-pyrrole nitrogens is 3. The lowest BCUT2D eigenvalue weighted by Crippen LogP contribution is -2.06. The molecule has 0 aliphatic carbocycles. The Balaban J connectivity index is 1.71. The van der Waals surface area contributed by atoms with E-state index in [1.807, 2.05) is 0 Å². The maximum atomic E-state index is 15.7. The number of fused-ring (bicyclic) bond motifs is 9. The first kappa shape index (κ1) is 39.8. The van der Waals surface area contributed by atoms with E-state index in [1.165, 1.54) is 0 Å². The lowest BCUT2D eigenvalue weighted by Gasteiger charge is -2.12. The van der Waals surface area contributed by atoms with Gasteiger partial charge in [0.25, 0.3) is 0 Å². The van der Waals surface area contributed by atoms with Gasteiger partial charge in [0.2, 0.25) is 17.5 Å². The number of aromatic nitrogens is 4. The van der Waals surface area contributed by atoms with Crippen LogP contribution in [0.5, 0.6) is 0 Å². The van der Waals surface area contributed by atoms with Crippen LogP contribution in [0.25, 0.3) is 67.6 Å². The Labute approximate surface area is 321 Å². The summed E-state index contributed by atoms with van der Waals surface area (Å²) in [6.45, 7) is 0. The molecule has 60 heavy (non-hydrogen) atoms. The molecule has 0 atom stereocenters. The number of aryl methyl sites for hydroxylation is 2. The largest absolute Gasteiger partial charge is 0.361 e. The summed E-state index contributed by atoms with van der Waals surface area (Å²) in [5, 5.41) is 0. The quantitative estimate of drug-likeness (QED) is 0.0697. The van der Waals surface area contributed by atoms with Gasteiger partial charge in [-0.25, -0.2) is 70.8 Å². The molecule has 21 heteroatoms. The number of carbonyl (C=O) groups is 2. The first-order valence-corrected chi connectivity index (χ1v) is 16.6. The molecule has 3 aromatic carbocycles. The third-order valence-corrected chi connectivity index (χ3v) is 9.80. The summed E-state index contributed by atoms with van der Waals surface area (Å²) in [5.74, 6) is -37.8. The van der Waals surface area contributed by atoms with Crippen LogP contribution in [0.1, 0.15) is 43.5 Å². The van der Waals surface area contributed by atoms with Gasteiger partial charge in [0.15, 0.2) is 82.4 Å². The molecule has 0 radical (unpaired) electrons. The molecule has 0 amide bonds. The van der Waals surface area contributed by atoms with Crippen molar-refractivity contribution in [1.82, 2.24) is 19.9 Å². The zero-order valence-electron chi connectivity index (χ0n) is 28.8. The second kappa shape index (κ2) is 14.1. The molecule has 306 valence electrons. The summed E-state index contributed by atoms with van der Waals surface area (Å²) in [6.07, 6.45) is 0.159. The van der Waals surface area contributed by atoms with Crippen LogP contribution in [0.15, 0.2) is 12.1 Å². The molecule has 3 N–H and O–H groups in total. The van der Waals surface area contributed by atoms with Crippen LogP contribution in [0.4, 0.5) is 65.9 Å². The fourth-order valence-electron chi connectivity index (χ4n) is 7.12. The highest BCUT2D eigenvalue weighted by Crippen LogP contribution is 2.43. The second-order valence-electron chi connectivity index (χ2n) is 13.0. The Morgan fingerprint density at radius 3 is 1.07 bits per heavy atom. The highest BCUT2D eigenvalue weighted by Gasteiger charge is 2.35. The van der Waals surface area contributed by atoms with Crippen molar-refractivity contribution in [3.05, 3.63) is 133 Å². The van der Waals surface area contributed by atoms with Crippen LogP contribution in [0.3, 0.4) is 0 Å². The lowest BCUT2D eigenvalue weighted by atomic mass is 9.97. The maximum absolute atomic E-state index is 15.7. The van der Waals surface area contributed by atoms with Crippen LogP contribution in [-0.2, 0) is 12.8 Å². The van der Waals surface area contributed by atoms with Gasteiger partial charge in [0.1, 0.15) is 0 Å². The van der Waals surface area contributed by atoms with Crippen LogP contribution in [0.2, 0.25) is 0 Å². The highest BCUT2D eigenvalue weighted by molar-refractivity contribution is 6.05. The molecule has 8 bridgehead atoms. The Morgan fingerprint density at radius 1 is 0.383 bits per heavy atom. The summed E-state index contributed by atoms with van der Waals surface area (Å²) >= 11 is 0. The molecule has 0 saturated heterocycles. The number of aromatic amines is 3. The van der Waals surface area contributed by atoms with E-state index < -0.39 is 184 Å². The average molecular weight is 855 g/mol. The third-order valence-electron chi connectivity index (χ3n) is 9.80. The van der Waals surface area contributed by atoms with Crippen LogP contribution in [0, 0.1) is 87.3 Å². The molecule has 0 saturated carbocycles. The molecule has 0 fully saturated rings. The minimum Gasteiger partial charge on any atom is -0.361 e. The molecular weight excluding hydrogens is 841 g/mol. The Bertz CT molecular complexity index is 3080. The number of benzene rings is 3. The van der Waals surface area contributed by atoms with Gasteiger partial charge < -0.3 is 15.0 Å². The van der Waals surface area contributed by atoms with Crippen LogP contribution >= 0.6 is 0 Å². The van der Waals surface area contributed by atoms with Gasteiger partial charge in [-0.2, -0.15) is 0 Å². The van der Waals surface area contributed by atoms with E-state index in [-0.39, 0.29) is 18.1 Å². The summed E-state index contributed by atoms with van der Waals surface area (Å²) in [4.78, 5) is 36.4. The summed E-state index contributed by atoms with van der Waals surface area (Å²) in [5.41, 5.74) is -15.1. The second-order valence-corrected chi connectivity index (χ2v) is 13.0. The van der Waals surface area contributed by atoms with E-state index in [2.05, 4.69) is 19.9 Å². The number of nitrogens with zero attached hydrogens (tertiary/aromatic N) is 1. The molecule has 0 spiro atoms. The number of halogens is 15. The summed E-state index contributed by atoms with van der Waals surface area (Å²) in [7, 11) is 0. The van der Waals surface area contributed by atoms with Crippen molar-refractivity contribution >= 4 is 46.8 Å². The predicted molar refractivity (Wildman–Crippen MR) is 180 cm³/mol. The van der Waals surface area contributed by atoms with E-state index in [4.69, 9.17) is 0 Å². The van der Waals surface area contributed by atoms with Gasteiger partial charge in [-0.05, 0) is 37.1 Å². The maximum Gasteiger partial charge on any atom is 0.200 e. The van der Waals surface area contributed by atoms with Crippen LogP contribution < -0.4 is 0 Å².